The van der Waals surface area contributed by atoms with Crippen LogP contribution in [0.4, 0.5) is 5.69 Å². The number of thiophene rings is 1. The van der Waals surface area contributed by atoms with Gasteiger partial charge in [0.15, 0.2) is 0 Å². The smallest absolute Gasteiger partial charge is 0.357 e. The number of anilines is 1. The number of halogens is 1. The molecule has 0 fully saturated rings. The van der Waals surface area contributed by atoms with Crippen molar-refractivity contribution < 1.29 is 27.3 Å². The minimum Gasteiger partial charge on any atom is -0.468 e. The summed E-state index contributed by atoms with van der Waals surface area (Å²) in [6.45, 7) is 0. The first-order chi connectivity index (χ1) is 18.6. The lowest BCUT2D eigenvalue weighted by Gasteiger charge is -2.21. The van der Waals surface area contributed by atoms with Gasteiger partial charge in [-0.15, -0.1) is 22.7 Å². The number of rotatable bonds is 11. The van der Waals surface area contributed by atoms with Gasteiger partial charge < -0.3 is 10.1 Å². The zero-order valence-electron chi connectivity index (χ0n) is 20.5. The average molecular weight is 606 g/mol. The standard InChI is InChI=1S/C26H24ClN3O6S3/c1-36-26(32)19(13-16-5-3-2-4-6-16)24(31)28-21(14-17-7-9-18(10-8-17)30-39(33,34)35)22-15-38-25(29-22)23-20(27)11-12-37-23/h2-12,15,19,21,30H,13-14H2,1H3,(H,28,31)(H,33,34,35)/t19-,21?/m0/s1. The summed E-state index contributed by atoms with van der Waals surface area (Å²) in [6.07, 6.45) is 0.452. The Hall–Kier alpha value is -3.29. The van der Waals surface area contributed by atoms with E-state index in [2.05, 4.69) is 5.32 Å². The largest absolute Gasteiger partial charge is 0.468 e. The Kier molecular flexibility index (Phi) is 9.36. The molecule has 0 radical (unpaired) electrons. The van der Waals surface area contributed by atoms with Gasteiger partial charge >= 0.3 is 16.3 Å². The number of hydrogen-bond donors (Lipinski definition) is 3. The average Bonchev–Trinajstić information content (AvgIpc) is 3.56. The highest BCUT2D eigenvalue weighted by Crippen LogP contribution is 2.36. The highest BCUT2D eigenvalue weighted by molar-refractivity contribution is 7.87. The van der Waals surface area contributed by atoms with Crippen LogP contribution in [0, 0.1) is 5.92 Å². The SMILES string of the molecule is COC(=O)[C@@H](Cc1ccccc1)C(=O)NC(Cc1ccc(NS(=O)(=O)O)cc1)c1csc(-c2sccc2Cl)n1. The maximum absolute atomic E-state index is 13.5. The summed E-state index contributed by atoms with van der Waals surface area (Å²) in [5, 5.41) is 7.94. The minimum absolute atomic E-state index is 0.162. The molecule has 204 valence electrons. The lowest BCUT2D eigenvalue weighted by atomic mass is 9.97. The summed E-state index contributed by atoms with van der Waals surface area (Å²) >= 11 is 9.14. The van der Waals surface area contributed by atoms with E-state index in [1.54, 1.807) is 18.2 Å². The summed E-state index contributed by atoms with van der Waals surface area (Å²) in [5.74, 6) is -2.24. The zero-order valence-corrected chi connectivity index (χ0v) is 23.7. The second kappa shape index (κ2) is 12.7. The van der Waals surface area contributed by atoms with Crippen molar-refractivity contribution in [2.75, 3.05) is 11.8 Å². The van der Waals surface area contributed by atoms with E-state index in [-0.39, 0.29) is 12.1 Å². The van der Waals surface area contributed by atoms with Crippen LogP contribution in [-0.4, -0.2) is 36.9 Å². The molecular formula is C26H24ClN3O6S3. The highest BCUT2D eigenvalue weighted by Gasteiger charge is 2.31. The number of carbonyl (C=O) groups excluding carboxylic acids is 2. The van der Waals surface area contributed by atoms with Gasteiger partial charge in [-0.25, -0.2) is 4.98 Å². The van der Waals surface area contributed by atoms with E-state index in [1.165, 1.54) is 41.9 Å². The minimum atomic E-state index is -4.41. The van der Waals surface area contributed by atoms with Crippen molar-refractivity contribution in [1.29, 1.82) is 0 Å². The molecule has 0 spiro atoms. The molecule has 0 saturated heterocycles. The molecule has 0 aliphatic heterocycles. The summed E-state index contributed by atoms with van der Waals surface area (Å²) in [5.41, 5.74) is 2.32. The Morgan fingerprint density at radius 2 is 1.72 bits per heavy atom. The molecule has 4 rings (SSSR count). The van der Waals surface area contributed by atoms with Crippen LogP contribution in [-0.2, 0) is 37.5 Å². The van der Waals surface area contributed by atoms with E-state index in [0.717, 1.165) is 16.0 Å². The van der Waals surface area contributed by atoms with Crippen LogP contribution in [0.1, 0.15) is 22.9 Å². The van der Waals surface area contributed by atoms with E-state index in [9.17, 15) is 18.0 Å². The lowest BCUT2D eigenvalue weighted by Crippen LogP contribution is -2.40. The quantitative estimate of drug-likeness (QED) is 0.122. The number of ether oxygens (including phenoxy) is 1. The van der Waals surface area contributed by atoms with E-state index in [4.69, 9.17) is 25.9 Å². The van der Waals surface area contributed by atoms with Crippen molar-refractivity contribution in [3.63, 3.8) is 0 Å². The number of thiazole rings is 1. The third-order valence-corrected chi connectivity index (χ3v) is 8.58. The van der Waals surface area contributed by atoms with Gasteiger partial charge in [-0.1, -0.05) is 54.1 Å². The van der Waals surface area contributed by atoms with Crippen LogP contribution in [0.3, 0.4) is 0 Å². The summed E-state index contributed by atoms with van der Waals surface area (Å²) < 4.78 is 38.2. The third kappa shape index (κ3) is 7.87. The fourth-order valence-electron chi connectivity index (χ4n) is 3.87. The molecule has 1 unspecified atom stereocenters. The van der Waals surface area contributed by atoms with E-state index < -0.39 is 34.1 Å². The molecule has 0 saturated carbocycles. The first-order valence-corrected chi connectivity index (χ1v) is 15.2. The predicted molar refractivity (Wildman–Crippen MR) is 152 cm³/mol. The van der Waals surface area contributed by atoms with Gasteiger partial charge in [0.25, 0.3) is 0 Å². The molecule has 0 bridgehead atoms. The maximum atomic E-state index is 13.5. The van der Waals surface area contributed by atoms with Crippen LogP contribution in [0.5, 0.6) is 0 Å². The normalized spacial score (nSPS) is 12.9. The molecule has 0 aliphatic carbocycles. The van der Waals surface area contributed by atoms with Crippen molar-refractivity contribution in [2.45, 2.75) is 18.9 Å². The van der Waals surface area contributed by atoms with Gasteiger partial charge in [-0.05, 0) is 47.5 Å². The lowest BCUT2D eigenvalue weighted by molar-refractivity contribution is -0.150. The molecule has 2 aromatic heterocycles. The number of carbonyl (C=O) groups is 2. The van der Waals surface area contributed by atoms with Crippen LogP contribution in [0.25, 0.3) is 9.88 Å². The number of nitrogens with zero attached hydrogens (tertiary/aromatic N) is 1. The van der Waals surface area contributed by atoms with Crippen LogP contribution in [0.15, 0.2) is 71.4 Å². The molecule has 4 aromatic rings. The number of esters is 1. The molecule has 0 aliphatic rings. The topological polar surface area (TPSA) is 135 Å². The van der Waals surface area contributed by atoms with Gasteiger partial charge in [-0.3, -0.25) is 18.9 Å². The Bertz CT molecular complexity index is 1540. The zero-order chi connectivity index (χ0) is 28.0. The first kappa shape index (κ1) is 28.7. The Labute approximate surface area is 238 Å². The van der Waals surface area contributed by atoms with Gasteiger partial charge in [0.05, 0.1) is 34.4 Å². The summed E-state index contributed by atoms with van der Waals surface area (Å²) in [6, 6.07) is 16.7. The molecule has 2 aromatic carbocycles. The number of nitrogens with one attached hydrogen (secondary N) is 2. The summed E-state index contributed by atoms with van der Waals surface area (Å²) in [4.78, 5) is 31.6. The van der Waals surface area contributed by atoms with Crippen LogP contribution < -0.4 is 10.0 Å². The third-order valence-electron chi connectivity index (χ3n) is 5.73. The molecule has 1 amide bonds. The van der Waals surface area contributed by atoms with Crippen molar-refractivity contribution >= 4 is 62.1 Å². The molecule has 9 nitrogen and oxygen atoms in total. The predicted octanol–water partition coefficient (Wildman–Crippen LogP) is 5.17. The highest BCUT2D eigenvalue weighted by atomic mass is 35.5. The molecule has 2 atom stereocenters. The second-order valence-corrected chi connectivity index (χ2v) is 11.8. The number of aromatic nitrogens is 1. The Balaban J connectivity index is 1.61. The Morgan fingerprint density at radius 3 is 2.33 bits per heavy atom. The van der Waals surface area contributed by atoms with Gasteiger partial charge in [0, 0.05) is 5.38 Å². The second-order valence-electron chi connectivity index (χ2n) is 8.48. The van der Waals surface area contributed by atoms with Crippen molar-refractivity contribution in [3.8, 4) is 9.88 Å². The monoisotopic (exact) mass is 605 g/mol. The van der Waals surface area contributed by atoms with Crippen molar-refractivity contribution in [1.82, 2.24) is 10.3 Å². The van der Waals surface area contributed by atoms with Crippen LogP contribution >= 0.6 is 34.3 Å². The molecule has 2 heterocycles. The fourth-order valence-corrected chi connectivity index (χ4v) is 6.50. The number of amides is 1. The fraction of sp³-hybridized carbons (Fsp3) is 0.192. The van der Waals surface area contributed by atoms with Crippen molar-refractivity contribution in [2.24, 2.45) is 5.92 Å². The van der Waals surface area contributed by atoms with Crippen LogP contribution in [0.2, 0.25) is 5.02 Å². The van der Waals surface area contributed by atoms with Gasteiger partial charge in [-0.2, -0.15) is 8.42 Å². The number of hydrogen-bond acceptors (Lipinski definition) is 8. The molecule has 13 heteroatoms. The van der Waals surface area contributed by atoms with E-state index in [1.807, 2.05) is 45.8 Å². The summed E-state index contributed by atoms with van der Waals surface area (Å²) in [7, 11) is -3.17. The Morgan fingerprint density at radius 1 is 1.03 bits per heavy atom. The first-order valence-electron chi connectivity index (χ1n) is 11.6. The molecular weight excluding hydrogens is 582 g/mol. The van der Waals surface area contributed by atoms with E-state index in [0.29, 0.717) is 22.1 Å². The number of methoxy groups -OCH3 is 1. The molecule has 3 N–H and O–H groups in total. The van der Waals surface area contributed by atoms with Gasteiger partial charge in [0.2, 0.25) is 5.91 Å². The maximum Gasteiger partial charge on any atom is 0.357 e. The van der Waals surface area contributed by atoms with Gasteiger partial charge in [0.1, 0.15) is 10.9 Å². The van der Waals surface area contributed by atoms with Crippen molar-refractivity contribution in [3.05, 3.63) is 93.3 Å². The molecule has 39 heavy (non-hydrogen) atoms. The number of benzene rings is 2. The van der Waals surface area contributed by atoms with E-state index >= 15 is 0 Å².